The minimum Gasteiger partial charge on any atom is -0.391 e. The summed E-state index contributed by atoms with van der Waals surface area (Å²) in [4.78, 5) is 0. The summed E-state index contributed by atoms with van der Waals surface area (Å²) < 4.78 is 0. The number of allylic oxidation sites excluding steroid dienone is 1. The molecule has 0 spiro atoms. The van der Waals surface area contributed by atoms with Crippen molar-refractivity contribution in [2.75, 3.05) is 11.9 Å². The van der Waals surface area contributed by atoms with Crippen molar-refractivity contribution in [1.29, 1.82) is 0 Å². The van der Waals surface area contributed by atoms with Crippen LogP contribution in [-0.4, -0.2) is 17.8 Å². The highest BCUT2D eigenvalue weighted by molar-refractivity contribution is 5.54. The molecule has 2 N–H and O–H groups in total. The minimum atomic E-state index is -0.225. The second-order valence-corrected chi connectivity index (χ2v) is 4.70. The second-order valence-electron chi connectivity index (χ2n) is 4.70. The molecule has 0 radical (unpaired) electrons. The molecule has 0 saturated carbocycles. The van der Waals surface area contributed by atoms with E-state index < -0.39 is 0 Å². The van der Waals surface area contributed by atoms with Crippen LogP contribution in [0.1, 0.15) is 24.5 Å². The summed E-state index contributed by atoms with van der Waals surface area (Å²) >= 11 is 0. The van der Waals surface area contributed by atoms with E-state index >= 15 is 0 Å². The van der Waals surface area contributed by atoms with Gasteiger partial charge >= 0.3 is 0 Å². The topological polar surface area (TPSA) is 32.3 Å². The lowest BCUT2D eigenvalue weighted by Crippen LogP contribution is -2.16. The Kier molecular flexibility index (Phi) is 3.30. The largest absolute Gasteiger partial charge is 0.391 e. The minimum absolute atomic E-state index is 0.225. The van der Waals surface area contributed by atoms with E-state index in [0.29, 0.717) is 6.54 Å². The Morgan fingerprint density at radius 2 is 2.38 bits per heavy atom. The zero-order chi connectivity index (χ0) is 11.5. The smallest absolute Gasteiger partial charge is 0.0715 e. The average Bonchev–Trinajstić information content (AvgIpc) is 2.40. The van der Waals surface area contributed by atoms with Gasteiger partial charge in [0, 0.05) is 12.2 Å². The Hall–Kier alpha value is -1.28. The van der Waals surface area contributed by atoms with Gasteiger partial charge in [0.1, 0.15) is 0 Å². The van der Waals surface area contributed by atoms with E-state index in [1.807, 2.05) is 6.92 Å². The number of hydrogen-bond acceptors (Lipinski definition) is 2. The number of aliphatic hydroxyl groups excluding tert-OH is 1. The lowest BCUT2D eigenvalue weighted by molar-refractivity contribution is 0.179. The molecule has 86 valence electrons. The van der Waals surface area contributed by atoms with Gasteiger partial charge in [-0.25, -0.2) is 0 Å². The fraction of sp³-hybridized carbons (Fsp3) is 0.429. The molecule has 1 unspecified atom stereocenters. The van der Waals surface area contributed by atoms with Gasteiger partial charge in [-0.15, -0.1) is 0 Å². The van der Waals surface area contributed by atoms with E-state index in [9.17, 15) is 5.11 Å². The zero-order valence-corrected chi connectivity index (χ0v) is 9.79. The summed E-state index contributed by atoms with van der Waals surface area (Å²) in [5, 5.41) is 12.9. The van der Waals surface area contributed by atoms with Crippen LogP contribution in [0.3, 0.4) is 0 Å². The number of aryl methyl sites for hydroxylation is 1. The van der Waals surface area contributed by atoms with Crippen LogP contribution in [-0.2, 0) is 12.8 Å². The van der Waals surface area contributed by atoms with Crippen LogP contribution in [0.2, 0.25) is 0 Å². The third kappa shape index (κ3) is 2.64. The Morgan fingerprint density at radius 1 is 1.56 bits per heavy atom. The molecule has 1 aromatic rings. The molecule has 1 heterocycles. The van der Waals surface area contributed by atoms with Crippen molar-refractivity contribution in [2.24, 2.45) is 0 Å². The van der Waals surface area contributed by atoms with E-state index in [1.165, 1.54) is 22.4 Å². The third-order valence-corrected chi connectivity index (χ3v) is 2.95. The van der Waals surface area contributed by atoms with Gasteiger partial charge in [-0.05, 0) is 43.4 Å². The van der Waals surface area contributed by atoms with Crippen LogP contribution in [0.15, 0.2) is 30.4 Å². The van der Waals surface area contributed by atoms with E-state index in [0.717, 1.165) is 19.3 Å². The average molecular weight is 217 g/mol. The van der Waals surface area contributed by atoms with Gasteiger partial charge in [0.25, 0.3) is 0 Å². The first-order chi connectivity index (χ1) is 7.65. The van der Waals surface area contributed by atoms with Crippen molar-refractivity contribution in [2.45, 2.75) is 32.3 Å². The van der Waals surface area contributed by atoms with Gasteiger partial charge in [-0.3, -0.25) is 0 Å². The van der Waals surface area contributed by atoms with Crippen LogP contribution in [0.5, 0.6) is 0 Å². The molecule has 0 fully saturated rings. The molecule has 16 heavy (non-hydrogen) atoms. The highest BCUT2D eigenvalue weighted by atomic mass is 16.3. The standard InChI is InChI=1S/C14H19NO/c1-10(2)7-11-3-6-14-12(8-11)4-5-13(16)9-15-14/h3,6,8,13,15-16H,1,4-5,7,9H2,2H3. The van der Waals surface area contributed by atoms with Crippen LogP contribution >= 0.6 is 0 Å². The molecular weight excluding hydrogens is 198 g/mol. The predicted octanol–water partition coefficient (Wildman–Crippen LogP) is 2.52. The maximum Gasteiger partial charge on any atom is 0.0715 e. The summed E-state index contributed by atoms with van der Waals surface area (Å²) in [6.07, 6.45) is 2.51. The van der Waals surface area contributed by atoms with E-state index in [4.69, 9.17) is 0 Å². The van der Waals surface area contributed by atoms with Crippen molar-refractivity contribution in [1.82, 2.24) is 0 Å². The number of β-amino-alcohol motifs (C(OH)–C–C–N with tert-alkyl or cyclic N) is 1. The van der Waals surface area contributed by atoms with Crippen molar-refractivity contribution in [3.8, 4) is 0 Å². The van der Waals surface area contributed by atoms with Gasteiger partial charge in [-0.1, -0.05) is 24.3 Å². The van der Waals surface area contributed by atoms with E-state index in [2.05, 4.69) is 30.1 Å². The lowest BCUT2D eigenvalue weighted by atomic mass is 10.0. The van der Waals surface area contributed by atoms with E-state index in [-0.39, 0.29) is 6.10 Å². The first-order valence-corrected chi connectivity index (χ1v) is 5.83. The molecular formula is C14H19NO. The Bertz CT molecular complexity index is 398. The molecule has 0 bridgehead atoms. The Balaban J connectivity index is 2.21. The Morgan fingerprint density at radius 3 is 3.12 bits per heavy atom. The molecule has 1 aliphatic heterocycles. The summed E-state index contributed by atoms with van der Waals surface area (Å²) in [6, 6.07) is 6.49. The molecule has 0 aromatic heterocycles. The fourth-order valence-corrected chi connectivity index (χ4v) is 2.14. The first-order valence-electron chi connectivity index (χ1n) is 5.83. The molecule has 1 aliphatic rings. The summed E-state index contributed by atoms with van der Waals surface area (Å²) in [5.41, 5.74) is 4.98. The highest BCUT2D eigenvalue weighted by Gasteiger charge is 2.13. The van der Waals surface area contributed by atoms with Crippen molar-refractivity contribution in [3.05, 3.63) is 41.5 Å². The molecule has 1 aromatic carbocycles. The summed E-state index contributed by atoms with van der Waals surface area (Å²) in [5.74, 6) is 0. The number of nitrogens with one attached hydrogen (secondary N) is 1. The monoisotopic (exact) mass is 217 g/mol. The molecule has 0 aliphatic carbocycles. The van der Waals surface area contributed by atoms with E-state index in [1.54, 1.807) is 0 Å². The number of hydrogen-bond donors (Lipinski definition) is 2. The van der Waals surface area contributed by atoms with Gasteiger partial charge in [0.15, 0.2) is 0 Å². The van der Waals surface area contributed by atoms with Crippen LogP contribution < -0.4 is 5.32 Å². The van der Waals surface area contributed by atoms with Crippen molar-refractivity contribution < 1.29 is 5.11 Å². The second kappa shape index (κ2) is 4.71. The SMILES string of the molecule is C=C(C)Cc1ccc2c(c1)CCC(O)CN2. The number of benzene rings is 1. The van der Waals surface area contributed by atoms with Crippen molar-refractivity contribution >= 4 is 5.69 Å². The number of anilines is 1. The van der Waals surface area contributed by atoms with Gasteiger partial charge in [-0.2, -0.15) is 0 Å². The zero-order valence-electron chi connectivity index (χ0n) is 9.79. The predicted molar refractivity (Wildman–Crippen MR) is 67.8 cm³/mol. The molecule has 0 saturated heterocycles. The maximum atomic E-state index is 9.60. The quantitative estimate of drug-likeness (QED) is 0.746. The molecule has 2 heteroatoms. The number of aliphatic hydroxyl groups is 1. The number of fused-ring (bicyclic) bond motifs is 1. The molecule has 2 nitrogen and oxygen atoms in total. The fourth-order valence-electron chi connectivity index (χ4n) is 2.14. The van der Waals surface area contributed by atoms with Crippen LogP contribution in [0.4, 0.5) is 5.69 Å². The van der Waals surface area contributed by atoms with Gasteiger partial charge in [0.2, 0.25) is 0 Å². The molecule has 0 amide bonds. The summed E-state index contributed by atoms with van der Waals surface area (Å²) in [7, 11) is 0. The van der Waals surface area contributed by atoms with Gasteiger partial charge < -0.3 is 10.4 Å². The Labute approximate surface area is 97.0 Å². The lowest BCUT2D eigenvalue weighted by Gasteiger charge is -2.10. The molecule has 1 atom stereocenters. The van der Waals surface area contributed by atoms with Gasteiger partial charge in [0.05, 0.1) is 6.10 Å². The molecule has 2 rings (SSSR count). The van der Waals surface area contributed by atoms with Crippen LogP contribution in [0.25, 0.3) is 0 Å². The maximum absolute atomic E-state index is 9.60. The van der Waals surface area contributed by atoms with Crippen molar-refractivity contribution in [3.63, 3.8) is 0 Å². The number of rotatable bonds is 2. The normalized spacial score (nSPS) is 19.5. The van der Waals surface area contributed by atoms with Crippen LogP contribution in [0, 0.1) is 0 Å². The summed E-state index contributed by atoms with van der Waals surface area (Å²) in [6.45, 7) is 6.65. The first kappa shape index (κ1) is 11.2. The highest BCUT2D eigenvalue weighted by Crippen LogP contribution is 2.23. The third-order valence-electron chi connectivity index (χ3n) is 2.95.